The third kappa shape index (κ3) is 1.53. The van der Waals surface area contributed by atoms with Crippen LogP contribution in [-0.2, 0) is 9.59 Å². The van der Waals surface area contributed by atoms with E-state index in [1.165, 1.54) is 0 Å². The molecule has 2 amide bonds. The predicted octanol–water partition coefficient (Wildman–Crippen LogP) is -0.257. The van der Waals surface area contributed by atoms with Crippen molar-refractivity contribution in [3.05, 3.63) is 0 Å². The van der Waals surface area contributed by atoms with Crippen molar-refractivity contribution in [2.24, 2.45) is 5.92 Å². The summed E-state index contributed by atoms with van der Waals surface area (Å²) in [5.74, 6) is 0.678. The standard InChI is InChI=1S/C9H14N2O2/c1-2-6-3-7(6)11-5-8(12)10-4-9(11)13/h6-7H,2-5H2,1H3,(H,10,12). The van der Waals surface area contributed by atoms with Gasteiger partial charge in [0.1, 0.15) is 0 Å². The number of piperazine rings is 1. The second-order valence-electron chi connectivity index (χ2n) is 3.77. The van der Waals surface area contributed by atoms with Gasteiger partial charge in [-0.2, -0.15) is 0 Å². The van der Waals surface area contributed by atoms with E-state index in [2.05, 4.69) is 12.2 Å². The lowest BCUT2D eigenvalue weighted by atomic mass is 10.2. The van der Waals surface area contributed by atoms with Crippen molar-refractivity contribution in [1.29, 1.82) is 0 Å². The van der Waals surface area contributed by atoms with Crippen LogP contribution in [0.5, 0.6) is 0 Å². The maximum Gasteiger partial charge on any atom is 0.242 e. The molecule has 1 aliphatic carbocycles. The van der Waals surface area contributed by atoms with E-state index in [1.807, 2.05) is 0 Å². The number of carbonyl (C=O) groups is 2. The van der Waals surface area contributed by atoms with Crippen molar-refractivity contribution in [2.45, 2.75) is 25.8 Å². The van der Waals surface area contributed by atoms with Gasteiger partial charge in [-0.05, 0) is 12.3 Å². The molecule has 1 saturated carbocycles. The van der Waals surface area contributed by atoms with Gasteiger partial charge in [0.25, 0.3) is 0 Å². The van der Waals surface area contributed by atoms with Crippen molar-refractivity contribution in [1.82, 2.24) is 10.2 Å². The Bertz CT molecular complexity index is 252. The topological polar surface area (TPSA) is 49.4 Å². The summed E-state index contributed by atoms with van der Waals surface area (Å²) >= 11 is 0. The van der Waals surface area contributed by atoms with Gasteiger partial charge in [-0.25, -0.2) is 0 Å². The zero-order valence-corrected chi connectivity index (χ0v) is 7.75. The van der Waals surface area contributed by atoms with Gasteiger partial charge in [-0.1, -0.05) is 13.3 Å². The maximum atomic E-state index is 11.4. The Kier molecular flexibility index (Phi) is 1.98. The van der Waals surface area contributed by atoms with Crippen LogP contribution in [0, 0.1) is 5.92 Å². The fourth-order valence-corrected chi connectivity index (χ4v) is 1.93. The summed E-state index contributed by atoms with van der Waals surface area (Å²) in [7, 11) is 0. The minimum atomic E-state index is -0.0265. The highest BCUT2D eigenvalue weighted by Gasteiger charge is 2.44. The molecule has 0 aromatic heterocycles. The van der Waals surface area contributed by atoms with Crippen molar-refractivity contribution in [3.63, 3.8) is 0 Å². The number of hydrogen-bond acceptors (Lipinski definition) is 2. The quantitative estimate of drug-likeness (QED) is 0.640. The van der Waals surface area contributed by atoms with Crippen LogP contribution in [0.3, 0.4) is 0 Å². The molecule has 2 atom stereocenters. The summed E-state index contributed by atoms with van der Waals surface area (Å²) in [6.45, 7) is 2.57. The summed E-state index contributed by atoms with van der Waals surface area (Å²) in [5.41, 5.74) is 0. The predicted molar refractivity (Wildman–Crippen MR) is 46.9 cm³/mol. The third-order valence-corrected chi connectivity index (χ3v) is 2.88. The Labute approximate surface area is 77.3 Å². The van der Waals surface area contributed by atoms with Crippen LogP contribution in [0.2, 0.25) is 0 Å². The molecule has 4 nitrogen and oxygen atoms in total. The molecule has 0 spiro atoms. The Morgan fingerprint density at radius 1 is 1.54 bits per heavy atom. The smallest absolute Gasteiger partial charge is 0.242 e. The molecule has 0 aromatic rings. The van der Waals surface area contributed by atoms with Gasteiger partial charge in [0, 0.05) is 6.04 Å². The first-order chi connectivity index (χ1) is 6.22. The Balaban J connectivity index is 1.97. The molecule has 1 heterocycles. The Morgan fingerprint density at radius 2 is 2.31 bits per heavy atom. The molecule has 0 radical (unpaired) electrons. The minimum Gasteiger partial charge on any atom is -0.345 e. The highest BCUT2D eigenvalue weighted by molar-refractivity contribution is 5.92. The molecule has 1 N–H and O–H groups in total. The van der Waals surface area contributed by atoms with Gasteiger partial charge in [0.05, 0.1) is 13.1 Å². The maximum absolute atomic E-state index is 11.4. The van der Waals surface area contributed by atoms with Gasteiger partial charge < -0.3 is 10.2 Å². The molecule has 72 valence electrons. The van der Waals surface area contributed by atoms with E-state index in [0.29, 0.717) is 12.0 Å². The monoisotopic (exact) mass is 182 g/mol. The molecule has 2 unspecified atom stereocenters. The Hall–Kier alpha value is -1.06. The van der Waals surface area contributed by atoms with Crippen LogP contribution in [0.25, 0.3) is 0 Å². The van der Waals surface area contributed by atoms with E-state index < -0.39 is 0 Å². The van der Waals surface area contributed by atoms with Crippen LogP contribution in [0.1, 0.15) is 19.8 Å². The summed E-state index contributed by atoms with van der Waals surface area (Å²) in [6.07, 6.45) is 2.19. The van der Waals surface area contributed by atoms with Crippen molar-refractivity contribution in [3.8, 4) is 0 Å². The largest absolute Gasteiger partial charge is 0.345 e. The number of rotatable bonds is 2. The zero-order chi connectivity index (χ0) is 9.42. The van der Waals surface area contributed by atoms with Crippen LogP contribution in [0.15, 0.2) is 0 Å². The number of carbonyl (C=O) groups excluding carboxylic acids is 2. The molecule has 0 bridgehead atoms. The lowest BCUT2D eigenvalue weighted by Gasteiger charge is -2.26. The number of nitrogens with one attached hydrogen (secondary N) is 1. The Morgan fingerprint density at radius 3 is 2.92 bits per heavy atom. The van der Waals surface area contributed by atoms with Gasteiger partial charge in [-0.3, -0.25) is 9.59 Å². The van der Waals surface area contributed by atoms with Crippen LogP contribution < -0.4 is 5.32 Å². The first-order valence-corrected chi connectivity index (χ1v) is 4.78. The van der Waals surface area contributed by atoms with E-state index >= 15 is 0 Å². The summed E-state index contributed by atoms with van der Waals surface area (Å²) in [6, 6.07) is 0.351. The van der Waals surface area contributed by atoms with Crippen molar-refractivity contribution in [2.75, 3.05) is 13.1 Å². The number of amides is 2. The van der Waals surface area contributed by atoms with E-state index in [1.54, 1.807) is 4.90 Å². The van der Waals surface area contributed by atoms with E-state index in [0.717, 1.165) is 12.8 Å². The van der Waals surface area contributed by atoms with Gasteiger partial charge in [0.15, 0.2) is 0 Å². The summed E-state index contributed by atoms with van der Waals surface area (Å²) in [5, 5.41) is 2.55. The normalized spacial score (nSPS) is 33.2. The van der Waals surface area contributed by atoms with Gasteiger partial charge in [0.2, 0.25) is 11.8 Å². The van der Waals surface area contributed by atoms with Crippen LogP contribution in [-0.4, -0.2) is 35.8 Å². The number of hydrogen-bond donors (Lipinski definition) is 1. The minimum absolute atomic E-state index is 0.0265. The first-order valence-electron chi connectivity index (χ1n) is 4.78. The SMILES string of the molecule is CCC1CC1N1CC(=O)NCC1=O. The molecule has 2 fully saturated rings. The fourth-order valence-electron chi connectivity index (χ4n) is 1.93. The molecule has 4 heteroatoms. The summed E-state index contributed by atoms with van der Waals surface area (Å²) in [4.78, 5) is 24.2. The summed E-state index contributed by atoms with van der Waals surface area (Å²) < 4.78 is 0. The van der Waals surface area contributed by atoms with Crippen molar-refractivity contribution >= 4 is 11.8 Å². The van der Waals surface area contributed by atoms with Crippen LogP contribution in [0.4, 0.5) is 0 Å². The lowest BCUT2D eigenvalue weighted by Crippen LogP contribution is -2.52. The third-order valence-electron chi connectivity index (χ3n) is 2.88. The highest BCUT2D eigenvalue weighted by atomic mass is 16.2. The second kappa shape index (κ2) is 3.01. The van der Waals surface area contributed by atoms with E-state index in [9.17, 15) is 9.59 Å². The first kappa shape index (κ1) is 8.53. The molecule has 0 aromatic carbocycles. The average Bonchev–Trinajstić information content (AvgIpc) is 2.88. The van der Waals surface area contributed by atoms with Crippen LogP contribution >= 0.6 is 0 Å². The molecule has 1 saturated heterocycles. The molecule has 2 rings (SSSR count). The van der Waals surface area contributed by atoms with E-state index in [-0.39, 0.29) is 24.9 Å². The molecule has 13 heavy (non-hydrogen) atoms. The van der Waals surface area contributed by atoms with Gasteiger partial charge >= 0.3 is 0 Å². The zero-order valence-electron chi connectivity index (χ0n) is 7.75. The van der Waals surface area contributed by atoms with E-state index in [4.69, 9.17) is 0 Å². The second-order valence-corrected chi connectivity index (χ2v) is 3.77. The molecule has 1 aliphatic heterocycles. The van der Waals surface area contributed by atoms with Gasteiger partial charge in [-0.15, -0.1) is 0 Å². The number of nitrogens with zero attached hydrogens (tertiary/aromatic N) is 1. The average molecular weight is 182 g/mol. The lowest BCUT2D eigenvalue weighted by molar-refractivity contribution is -0.141. The highest BCUT2D eigenvalue weighted by Crippen LogP contribution is 2.38. The van der Waals surface area contributed by atoms with Crippen molar-refractivity contribution < 1.29 is 9.59 Å². The molecule has 2 aliphatic rings. The molecular weight excluding hydrogens is 168 g/mol. The fraction of sp³-hybridized carbons (Fsp3) is 0.778. The molecular formula is C9H14N2O2.